The van der Waals surface area contributed by atoms with Crippen molar-refractivity contribution in [1.82, 2.24) is 9.80 Å². The van der Waals surface area contributed by atoms with Gasteiger partial charge in [0.25, 0.3) is 0 Å². The van der Waals surface area contributed by atoms with E-state index in [1.165, 1.54) is 6.42 Å². The molecule has 1 unspecified atom stereocenters. The van der Waals surface area contributed by atoms with Crippen molar-refractivity contribution in [2.45, 2.75) is 51.5 Å². The number of hydrogen-bond acceptors (Lipinski definition) is 2. The largest absolute Gasteiger partial charge is 0.481 e. The van der Waals surface area contributed by atoms with Gasteiger partial charge >= 0.3 is 12.0 Å². The second-order valence-electron chi connectivity index (χ2n) is 5.85. The summed E-state index contributed by atoms with van der Waals surface area (Å²) >= 11 is 0. The molecule has 0 aromatic rings. The lowest BCUT2D eigenvalue weighted by molar-refractivity contribution is -0.138. The number of aliphatic carboxylic acids is 1. The zero-order valence-electron chi connectivity index (χ0n) is 11.7. The molecular formula is C14H24N2O3. The standard InChI is InChI=1S/C14H24N2O3/c1-11-4-2-3-7-16(11)14(19)15-8-5-12(6-9-15)10-13(17)18/h11-12H,2-10H2,1H3,(H,17,18). The molecule has 0 aromatic heterocycles. The molecule has 0 spiro atoms. The molecule has 0 aliphatic carbocycles. The van der Waals surface area contributed by atoms with Crippen LogP contribution in [0.15, 0.2) is 0 Å². The van der Waals surface area contributed by atoms with Crippen LogP contribution in [-0.4, -0.2) is 52.6 Å². The maximum absolute atomic E-state index is 12.4. The highest BCUT2D eigenvalue weighted by molar-refractivity contribution is 5.75. The molecule has 1 N–H and O–H groups in total. The average molecular weight is 268 g/mol. The van der Waals surface area contributed by atoms with Gasteiger partial charge in [0.15, 0.2) is 0 Å². The third-order valence-electron chi connectivity index (χ3n) is 4.40. The Labute approximate surface area is 114 Å². The maximum Gasteiger partial charge on any atom is 0.320 e. The summed E-state index contributed by atoms with van der Waals surface area (Å²) in [5, 5.41) is 8.79. The lowest BCUT2D eigenvalue weighted by Crippen LogP contribution is -2.51. The summed E-state index contributed by atoms with van der Waals surface area (Å²) in [5.41, 5.74) is 0. The van der Waals surface area contributed by atoms with Crippen LogP contribution in [0.3, 0.4) is 0 Å². The highest BCUT2D eigenvalue weighted by atomic mass is 16.4. The number of piperidine rings is 2. The molecule has 0 radical (unpaired) electrons. The monoisotopic (exact) mass is 268 g/mol. The summed E-state index contributed by atoms with van der Waals surface area (Å²) in [6, 6.07) is 0.499. The number of rotatable bonds is 2. The van der Waals surface area contributed by atoms with Crippen molar-refractivity contribution in [3.05, 3.63) is 0 Å². The first-order chi connectivity index (χ1) is 9.08. The lowest BCUT2D eigenvalue weighted by atomic mass is 9.93. The van der Waals surface area contributed by atoms with Crippen molar-refractivity contribution in [3.8, 4) is 0 Å². The fraction of sp³-hybridized carbons (Fsp3) is 0.857. The zero-order chi connectivity index (χ0) is 13.8. The summed E-state index contributed by atoms with van der Waals surface area (Å²) in [4.78, 5) is 27.0. The fourth-order valence-electron chi connectivity index (χ4n) is 3.14. The summed E-state index contributed by atoms with van der Waals surface area (Å²) < 4.78 is 0. The van der Waals surface area contributed by atoms with Crippen molar-refractivity contribution in [2.24, 2.45) is 5.92 Å². The van der Waals surface area contributed by atoms with Gasteiger partial charge in [0.1, 0.15) is 0 Å². The number of carbonyl (C=O) groups is 2. The van der Waals surface area contributed by atoms with Crippen LogP contribution in [0.2, 0.25) is 0 Å². The van der Waals surface area contributed by atoms with Crippen LogP contribution < -0.4 is 0 Å². The molecule has 2 fully saturated rings. The zero-order valence-corrected chi connectivity index (χ0v) is 11.7. The molecule has 5 heteroatoms. The normalized spacial score (nSPS) is 25.4. The predicted molar refractivity (Wildman–Crippen MR) is 72.0 cm³/mol. The summed E-state index contributed by atoms with van der Waals surface area (Å²) in [5.74, 6) is -0.491. The second-order valence-corrected chi connectivity index (χ2v) is 5.85. The van der Waals surface area contributed by atoms with Gasteiger partial charge < -0.3 is 14.9 Å². The molecular weight excluding hydrogens is 244 g/mol. The minimum Gasteiger partial charge on any atom is -0.481 e. The van der Waals surface area contributed by atoms with Gasteiger partial charge in [-0.05, 0) is 44.9 Å². The predicted octanol–water partition coefficient (Wildman–Crippen LogP) is 2.17. The van der Waals surface area contributed by atoms with Crippen molar-refractivity contribution in [1.29, 1.82) is 0 Å². The van der Waals surface area contributed by atoms with Gasteiger partial charge in [-0.1, -0.05) is 0 Å². The molecule has 2 aliphatic heterocycles. The van der Waals surface area contributed by atoms with Crippen molar-refractivity contribution in [3.63, 3.8) is 0 Å². The number of likely N-dealkylation sites (tertiary alicyclic amines) is 2. The van der Waals surface area contributed by atoms with Crippen molar-refractivity contribution >= 4 is 12.0 Å². The SMILES string of the molecule is CC1CCCCN1C(=O)N1CCC(CC(=O)O)CC1. The molecule has 0 bridgehead atoms. The Morgan fingerprint density at radius 1 is 1.11 bits per heavy atom. The summed E-state index contributed by atoms with van der Waals surface area (Å²) in [6.45, 7) is 4.41. The van der Waals surface area contributed by atoms with Gasteiger partial charge in [0.2, 0.25) is 0 Å². The number of hydrogen-bond donors (Lipinski definition) is 1. The van der Waals surface area contributed by atoms with Gasteiger partial charge in [0, 0.05) is 32.1 Å². The van der Waals surface area contributed by atoms with Crippen LogP contribution in [-0.2, 0) is 4.79 Å². The quantitative estimate of drug-likeness (QED) is 0.835. The fourth-order valence-corrected chi connectivity index (χ4v) is 3.14. The van der Waals surface area contributed by atoms with Gasteiger partial charge in [-0.3, -0.25) is 4.79 Å². The van der Waals surface area contributed by atoms with Crippen LogP contribution in [0.1, 0.15) is 45.4 Å². The Hall–Kier alpha value is -1.26. The van der Waals surface area contributed by atoms with Gasteiger partial charge in [-0.25, -0.2) is 4.79 Å². The molecule has 2 amide bonds. The van der Waals surface area contributed by atoms with Crippen LogP contribution in [0.25, 0.3) is 0 Å². The highest BCUT2D eigenvalue weighted by Crippen LogP contribution is 2.24. The number of carboxylic acid groups (broad SMARTS) is 1. The average Bonchev–Trinajstić information content (AvgIpc) is 2.39. The Kier molecular flexibility index (Phi) is 4.66. The van der Waals surface area contributed by atoms with Crippen LogP contribution in [0.5, 0.6) is 0 Å². The molecule has 1 atom stereocenters. The van der Waals surface area contributed by atoms with Gasteiger partial charge in [-0.2, -0.15) is 0 Å². The van der Waals surface area contributed by atoms with Crippen molar-refractivity contribution < 1.29 is 14.7 Å². The second kappa shape index (κ2) is 6.26. The first-order valence-corrected chi connectivity index (χ1v) is 7.35. The molecule has 2 saturated heterocycles. The third kappa shape index (κ3) is 3.61. The van der Waals surface area contributed by atoms with E-state index in [0.29, 0.717) is 19.1 Å². The van der Waals surface area contributed by atoms with E-state index in [0.717, 1.165) is 32.2 Å². The number of amides is 2. The molecule has 0 saturated carbocycles. The topological polar surface area (TPSA) is 60.9 Å². The smallest absolute Gasteiger partial charge is 0.320 e. The molecule has 2 heterocycles. The molecule has 19 heavy (non-hydrogen) atoms. The van der Waals surface area contributed by atoms with E-state index in [1.807, 2.05) is 9.80 Å². The van der Waals surface area contributed by atoms with Crippen LogP contribution in [0.4, 0.5) is 4.79 Å². The third-order valence-corrected chi connectivity index (χ3v) is 4.40. The molecule has 5 nitrogen and oxygen atoms in total. The van der Waals surface area contributed by atoms with E-state index in [4.69, 9.17) is 5.11 Å². The maximum atomic E-state index is 12.4. The van der Waals surface area contributed by atoms with Gasteiger partial charge in [0.05, 0.1) is 0 Å². The molecule has 2 rings (SSSR count). The van der Waals surface area contributed by atoms with E-state index < -0.39 is 5.97 Å². The minimum absolute atomic E-state index is 0.154. The van der Waals surface area contributed by atoms with E-state index >= 15 is 0 Å². The van der Waals surface area contributed by atoms with Crippen molar-refractivity contribution in [2.75, 3.05) is 19.6 Å². The van der Waals surface area contributed by atoms with Crippen LogP contribution in [0, 0.1) is 5.92 Å². The van der Waals surface area contributed by atoms with Gasteiger partial charge in [-0.15, -0.1) is 0 Å². The van der Waals surface area contributed by atoms with E-state index in [-0.39, 0.29) is 18.4 Å². The number of carbonyl (C=O) groups excluding carboxylic acids is 1. The van der Waals surface area contributed by atoms with E-state index in [1.54, 1.807) is 0 Å². The van der Waals surface area contributed by atoms with E-state index in [9.17, 15) is 9.59 Å². The van der Waals surface area contributed by atoms with Crippen LogP contribution >= 0.6 is 0 Å². The Morgan fingerprint density at radius 2 is 1.79 bits per heavy atom. The number of urea groups is 1. The summed E-state index contributed by atoms with van der Waals surface area (Å²) in [6.07, 6.45) is 5.29. The summed E-state index contributed by atoms with van der Waals surface area (Å²) in [7, 11) is 0. The Balaban J connectivity index is 1.83. The Morgan fingerprint density at radius 3 is 2.37 bits per heavy atom. The molecule has 108 valence electrons. The number of nitrogens with zero attached hydrogens (tertiary/aromatic N) is 2. The molecule has 2 aliphatic rings. The first kappa shape index (κ1) is 14.2. The minimum atomic E-state index is -0.727. The molecule has 0 aromatic carbocycles. The highest BCUT2D eigenvalue weighted by Gasteiger charge is 2.30. The van der Waals surface area contributed by atoms with E-state index in [2.05, 4.69) is 6.92 Å². The first-order valence-electron chi connectivity index (χ1n) is 7.35. The lowest BCUT2D eigenvalue weighted by Gasteiger charge is -2.40. The Bertz CT molecular complexity index is 338. The number of carboxylic acids is 1.